The molecule has 5 heteroatoms. The van der Waals surface area contributed by atoms with Crippen molar-refractivity contribution in [1.29, 1.82) is 0 Å². The molecule has 1 heterocycles. The van der Waals surface area contributed by atoms with E-state index in [1.807, 2.05) is 4.90 Å². The third-order valence-electron chi connectivity index (χ3n) is 2.39. The van der Waals surface area contributed by atoms with Crippen LogP contribution in [-0.4, -0.2) is 56.0 Å². The number of ketones is 1. The molecule has 0 aromatic carbocycles. The fraction of sp³-hybridized carbons (Fsp3) is 0.800. The fourth-order valence-electron chi connectivity index (χ4n) is 1.84. The van der Waals surface area contributed by atoms with Crippen LogP contribution < -0.4 is 5.32 Å². The maximum absolute atomic E-state index is 11.3. The van der Waals surface area contributed by atoms with Crippen LogP contribution >= 0.6 is 0 Å². The molecule has 1 N–H and O–H groups in total. The second-order valence-electron chi connectivity index (χ2n) is 3.89. The summed E-state index contributed by atoms with van der Waals surface area (Å²) in [5, 5.41) is 2.85. The number of carbonyl (C=O) groups is 2. The van der Waals surface area contributed by atoms with Crippen molar-refractivity contribution in [2.75, 3.05) is 33.4 Å². The van der Waals surface area contributed by atoms with Gasteiger partial charge >= 0.3 is 0 Å². The second kappa shape index (κ2) is 5.82. The number of rotatable bonds is 5. The zero-order valence-electron chi connectivity index (χ0n) is 9.28. The molecule has 0 saturated carbocycles. The summed E-state index contributed by atoms with van der Waals surface area (Å²) in [6, 6.07) is 0.192. The van der Waals surface area contributed by atoms with E-state index in [2.05, 4.69) is 5.32 Å². The number of nitrogens with zero attached hydrogens (tertiary/aromatic N) is 1. The molecule has 86 valence electrons. The maximum atomic E-state index is 11.3. The maximum Gasteiger partial charge on any atom is 0.217 e. The molecule has 15 heavy (non-hydrogen) atoms. The van der Waals surface area contributed by atoms with Crippen LogP contribution in [0, 0.1) is 0 Å². The van der Waals surface area contributed by atoms with Crippen molar-refractivity contribution < 1.29 is 14.3 Å². The van der Waals surface area contributed by atoms with Crippen LogP contribution in [0.3, 0.4) is 0 Å². The molecular weight excluding hydrogens is 196 g/mol. The van der Waals surface area contributed by atoms with E-state index in [1.165, 1.54) is 14.0 Å². The number of ether oxygens (including phenoxy) is 1. The topological polar surface area (TPSA) is 58.6 Å². The average Bonchev–Trinajstić information content (AvgIpc) is 2.51. The van der Waals surface area contributed by atoms with E-state index in [0.29, 0.717) is 6.54 Å². The Bertz CT molecular complexity index is 243. The largest absolute Gasteiger partial charge is 0.377 e. The number of hydrogen-bond acceptors (Lipinski definition) is 4. The highest BCUT2D eigenvalue weighted by Gasteiger charge is 2.24. The number of Topliss-reactive ketones (excluding diaryl/α,β-unsaturated/α-hetero) is 1. The SMILES string of the molecule is COCC(=O)CN1CCC(NC(C)=O)C1. The number of carbonyl (C=O) groups excluding carboxylic acids is 2. The summed E-state index contributed by atoms with van der Waals surface area (Å²) in [5.41, 5.74) is 0. The molecule has 1 aliphatic heterocycles. The zero-order valence-corrected chi connectivity index (χ0v) is 9.28. The van der Waals surface area contributed by atoms with Gasteiger partial charge in [-0.05, 0) is 6.42 Å². The van der Waals surface area contributed by atoms with Gasteiger partial charge in [0.05, 0.1) is 6.54 Å². The van der Waals surface area contributed by atoms with E-state index in [4.69, 9.17) is 4.74 Å². The van der Waals surface area contributed by atoms with Crippen molar-refractivity contribution in [3.8, 4) is 0 Å². The van der Waals surface area contributed by atoms with Crippen molar-refractivity contribution >= 4 is 11.7 Å². The van der Waals surface area contributed by atoms with Crippen molar-refractivity contribution in [3.63, 3.8) is 0 Å². The summed E-state index contributed by atoms with van der Waals surface area (Å²) in [7, 11) is 1.52. The van der Waals surface area contributed by atoms with E-state index in [-0.39, 0.29) is 24.3 Å². The van der Waals surface area contributed by atoms with E-state index < -0.39 is 0 Å². The van der Waals surface area contributed by atoms with Gasteiger partial charge in [-0.1, -0.05) is 0 Å². The summed E-state index contributed by atoms with van der Waals surface area (Å²) in [4.78, 5) is 24.1. The Morgan fingerprint density at radius 3 is 2.87 bits per heavy atom. The Kier molecular flexibility index (Phi) is 4.71. The average molecular weight is 214 g/mol. The summed E-state index contributed by atoms with van der Waals surface area (Å²) >= 11 is 0. The molecule has 0 spiro atoms. The van der Waals surface area contributed by atoms with Gasteiger partial charge in [0.1, 0.15) is 6.61 Å². The molecule has 0 aromatic rings. The predicted octanol–water partition coefficient (Wildman–Crippen LogP) is -0.588. The number of amides is 1. The zero-order chi connectivity index (χ0) is 11.3. The lowest BCUT2D eigenvalue weighted by Gasteiger charge is -2.14. The van der Waals surface area contributed by atoms with Gasteiger partial charge in [-0.15, -0.1) is 0 Å². The Balaban J connectivity index is 2.24. The van der Waals surface area contributed by atoms with Gasteiger partial charge in [0.15, 0.2) is 5.78 Å². The van der Waals surface area contributed by atoms with Gasteiger partial charge in [0, 0.05) is 33.2 Å². The molecule has 0 aromatic heterocycles. The Morgan fingerprint density at radius 2 is 2.27 bits per heavy atom. The van der Waals surface area contributed by atoms with Crippen LogP contribution in [0.2, 0.25) is 0 Å². The highest BCUT2D eigenvalue weighted by atomic mass is 16.5. The van der Waals surface area contributed by atoms with Gasteiger partial charge in [0.2, 0.25) is 5.91 Å². The molecule has 1 unspecified atom stereocenters. The lowest BCUT2D eigenvalue weighted by molar-refractivity contribution is -0.123. The molecular formula is C10H18N2O3. The van der Waals surface area contributed by atoms with Crippen LogP contribution in [-0.2, 0) is 14.3 Å². The van der Waals surface area contributed by atoms with Gasteiger partial charge in [-0.2, -0.15) is 0 Å². The van der Waals surface area contributed by atoms with E-state index in [1.54, 1.807) is 0 Å². The van der Waals surface area contributed by atoms with Gasteiger partial charge in [0.25, 0.3) is 0 Å². The first kappa shape index (κ1) is 12.1. The third-order valence-corrected chi connectivity index (χ3v) is 2.39. The smallest absolute Gasteiger partial charge is 0.217 e. The number of methoxy groups -OCH3 is 1. The van der Waals surface area contributed by atoms with Crippen molar-refractivity contribution in [1.82, 2.24) is 10.2 Å². The first-order valence-corrected chi connectivity index (χ1v) is 5.12. The highest BCUT2D eigenvalue weighted by Crippen LogP contribution is 2.08. The van der Waals surface area contributed by atoms with Crippen LogP contribution in [0.25, 0.3) is 0 Å². The van der Waals surface area contributed by atoms with Crippen LogP contribution in [0.4, 0.5) is 0 Å². The molecule has 1 fully saturated rings. The number of hydrogen-bond donors (Lipinski definition) is 1. The summed E-state index contributed by atoms with van der Waals surface area (Å²) in [6.07, 6.45) is 0.917. The second-order valence-corrected chi connectivity index (χ2v) is 3.89. The first-order valence-electron chi connectivity index (χ1n) is 5.12. The van der Waals surface area contributed by atoms with Gasteiger partial charge in [-0.25, -0.2) is 0 Å². The molecule has 0 bridgehead atoms. The van der Waals surface area contributed by atoms with E-state index >= 15 is 0 Å². The minimum atomic E-state index is -0.00920. The van der Waals surface area contributed by atoms with Crippen LogP contribution in [0.1, 0.15) is 13.3 Å². The van der Waals surface area contributed by atoms with Crippen molar-refractivity contribution in [2.24, 2.45) is 0 Å². The minimum Gasteiger partial charge on any atom is -0.377 e. The van der Waals surface area contributed by atoms with E-state index in [0.717, 1.165) is 19.5 Å². The molecule has 5 nitrogen and oxygen atoms in total. The molecule has 0 aliphatic carbocycles. The van der Waals surface area contributed by atoms with Gasteiger partial charge in [-0.3, -0.25) is 14.5 Å². The Hall–Kier alpha value is -0.940. The van der Waals surface area contributed by atoms with Crippen LogP contribution in [0.5, 0.6) is 0 Å². The normalized spacial score (nSPS) is 21.6. The van der Waals surface area contributed by atoms with Crippen molar-refractivity contribution in [2.45, 2.75) is 19.4 Å². The van der Waals surface area contributed by atoms with Crippen LogP contribution in [0.15, 0.2) is 0 Å². The lowest BCUT2D eigenvalue weighted by atomic mass is 10.2. The number of nitrogens with one attached hydrogen (secondary N) is 1. The highest BCUT2D eigenvalue weighted by molar-refractivity contribution is 5.81. The van der Waals surface area contributed by atoms with E-state index in [9.17, 15) is 9.59 Å². The molecule has 1 atom stereocenters. The molecule has 1 aliphatic rings. The predicted molar refractivity (Wildman–Crippen MR) is 55.5 cm³/mol. The number of likely N-dealkylation sites (tertiary alicyclic amines) is 1. The summed E-state index contributed by atoms with van der Waals surface area (Å²) in [6.45, 7) is 3.72. The van der Waals surface area contributed by atoms with Crippen molar-refractivity contribution in [3.05, 3.63) is 0 Å². The first-order chi connectivity index (χ1) is 7.11. The quantitative estimate of drug-likeness (QED) is 0.664. The summed E-state index contributed by atoms with van der Waals surface area (Å²) in [5.74, 6) is 0.0750. The molecule has 1 saturated heterocycles. The Labute approximate surface area is 89.8 Å². The lowest BCUT2D eigenvalue weighted by Crippen LogP contribution is -2.37. The molecule has 1 amide bonds. The molecule has 0 radical (unpaired) electrons. The fourth-order valence-corrected chi connectivity index (χ4v) is 1.84. The molecule has 1 rings (SSSR count). The monoisotopic (exact) mass is 214 g/mol. The van der Waals surface area contributed by atoms with Gasteiger partial charge < -0.3 is 10.1 Å². The standard InChI is InChI=1S/C10H18N2O3/c1-8(13)11-9-3-4-12(5-9)6-10(14)7-15-2/h9H,3-7H2,1-2H3,(H,11,13). The minimum absolute atomic E-state index is 0.00920. The summed E-state index contributed by atoms with van der Waals surface area (Å²) < 4.78 is 4.76. The third kappa shape index (κ3) is 4.40. The Morgan fingerprint density at radius 1 is 1.53 bits per heavy atom.